The van der Waals surface area contributed by atoms with Crippen LogP contribution < -0.4 is 10.6 Å². The van der Waals surface area contributed by atoms with Crippen LogP contribution in [0.5, 0.6) is 0 Å². The molecule has 1 aromatic carbocycles. The smallest absolute Gasteiger partial charge is 0.385 e. The molecule has 2 unspecified atom stereocenters. The Bertz CT molecular complexity index is 984. The number of hydrogen-bond acceptors (Lipinski definition) is 2. The lowest BCUT2D eigenvalue weighted by Gasteiger charge is -2.23. The van der Waals surface area contributed by atoms with E-state index in [0.717, 1.165) is 49.8 Å². The molecule has 2 N–H and O–H groups in total. The van der Waals surface area contributed by atoms with E-state index in [9.17, 15) is 26.3 Å². The molecule has 2 atom stereocenters. The maximum Gasteiger partial charge on any atom is 0.416 e. The Hall–Kier alpha value is -2.74. The summed E-state index contributed by atoms with van der Waals surface area (Å²) in [6, 6.07) is 2.23. The van der Waals surface area contributed by atoms with Gasteiger partial charge in [-0.25, -0.2) is 0 Å². The maximum absolute atomic E-state index is 13.1. The molecule has 246 valence electrons. The zero-order valence-electron chi connectivity index (χ0n) is 27.4. The number of nitrogens with one attached hydrogen (secondary N) is 2. The number of rotatable bonds is 16. The normalized spacial score (nSPS) is 13.8. The average Bonchev–Trinajstić information content (AvgIpc) is 2.97. The van der Waals surface area contributed by atoms with Gasteiger partial charge < -0.3 is 10.6 Å². The molecule has 0 aliphatic carbocycles. The Balaban J connectivity index is 0. The summed E-state index contributed by atoms with van der Waals surface area (Å²) in [4.78, 5) is 0. The molecule has 0 spiro atoms. The lowest BCUT2D eigenvalue weighted by molar-refractivity contribution is -0.143. The molecule has 0 aromatic heterocycles. The van der Waals surface area contributed by atoms with E-state index in [1.54, 1.807) is 6.08 Å². The van der Waals surface area contributed by atoms with Crippen LogP contribution in [0.25, 0.3) is 0 Å². The zero-order chi connectivity index (χ0) is 33.6. The molecule has 1 aromatic rings. The molecule has 0 aliphatic rings. The summed E-state index contributed by atoms with van der Waals surface area (Å²) < 4.78 is 78.4. The molecule has 0 saturated heterocycles. The van der Waals surface area contributed by atoms with Gasteiger partial charge in [0.2, 0.25) is 0 Å². The van der Waals surface area contributed by atoms with E-state index < -0.39 is 23.5 Å². The zero-order valence-corrected chi connectivity index (χ0v) is 27.4. The third-order valence-corrected chi connectivity index (χ3v) is 6.38. The van der Waals surface area contributed by atoms with Crippen molar-refractivity contribution >= 4 is 0 Å². The van der Waals surface area contributed by atoms with Gasteiger partial charge in [0, 0.05) is 24.3 Å². The molecule has 1 rings (SSSR count). The van der Waals surface area contributed by atoms with Gasteiger partial charge >= 0.3 is 12.4 Å². The number of benzene rings is 1. The summed E-state index contributed by atoms with van der Waals surface area (Å²) in [7, 11) is 0. The van der Waals surface area contributed by atoms with Crippen LogP contribution in [-0.4, -0.2) is 12.1 Å². The summed E-state index contributed by atoms with van der Waals surface area (Å²) in [5.41, 5.74) is 0.287. The van der Waals surface area contributed by atoms with Gasteiger partial charge in [-0.05, 0) is 88.6 Å². The molecule has 0 radical (unpaired) electrons. The van der Waals surface area contributed by atoms with E-state index in [0.29, 0.717) is 24.2 Å². The Morgan fingerprint density at radius 1 is 0.930 bits per heavy atom. The first-order chi connectivity index (χ1) is 20.2. The van der Waals surface area contributed by atoms with Crippen LogP contribution in [-0.2, 0) is 18.9 Å². The van der Waals surface area contributed by atoms with Crippen molar-refractivity contribution in [2.24, 2.45) is 0 Å². The van der Waals surface area contributed by atoms with Gasteiger partial charge in [0.25, 0.3) is 0 Å². The largest absolute Gasteiger partial charge is 0.416 e. The molecule has 0 amide bonds. The van der Waals surface area contributed by atoms with Crippen molar-refractivity contribution < 1.29 is 26.3 Å². The monoisotopic (exact) mass is 616 g/mol. The summed E-state index contributed by atoms with van der Waals surface area (Å²) >= 11 is 0. The van der Waals surface area contributed by atoms with Crippen molar-refractivity contribution in [3.63, 3.8) is 0 Å². The minimum absolute atomic E-state index is 0.0946. The fourth-order valence-corrected chi connectivity index (χ4v) is 4.10. The second kappa shape index (κ2) is 22.8. The van der Waals surface area contributed by atoms with Crippen LogP contribution in [0.3, 0.4) is 0 Å². The lowest BCUT2D eigenvalue weighted by atomic mass is 10.0. The molecule has 2 nitrogen and oxygen atoms in total. The summed E-state index contributed by atoms with van der Waals surface area (Å²) in [5.74, 6) is 0. The van der Waals surface area contributed by atoms with Gasteiger partial charge in [-0.1, -0.05) is 83.7 Å². The fraction of sp³-hybridized carbons (Fsp3) is 0.543. The Morgan fingerprint density at radius 3 is 1.95 bits per heavy atom. The van der Waals surface area contributed by atoms with Crippen molar-refractivity contribution in [2.45, 2.75) is 125 Å². The Labute approximate surface area is 257 Å². The van der Waals surface area contributed by atoms with E-state index in [1.807, 2.05) is 46.8 Å². The number of alkyl halides is 6. The lowest BCUT2D eigenvalue weighted by Crippen LogP contribution is -2.36. The van der Waals surface area contributed by atoms with Gasteiger partial charge in [0.05, 0.1) is 11.1 Å². The molecule has 0 bridgehead atoms. The van der Waals surface area contributed by atoms with Crippen LogP contribution in [0.2, 0.25) is 0 Å². The fourth-order valence-electron chi connectivity index (χ4n) is 4.10. The van der Waals surface area contributed by atoms with E-state index in [2.05, 4.69) is 56.7 Å². The molecule has 8 heteroatoms. The second-order valence-electron chi connectivity index (χ2n) is 9.85. The van der Waals surface area contributed by atoms with E-state index in [1.165, 1.54) is 5.57 Å². The van der Waals surface area contributed by atoms with Crippen molar-refractivity contribution in [2.75, 3.05) is 0 Å². The third-order valence-electron chi connectivity index (χ3n) is 6.38. The molecule has 0 aliphatic heterocycles. The van der Waals surface area contributed by atoms with E-state index in [4.69, 9.17) is 0 Å². The average molecular weight is 617 g/mol. The number of hydrogen-bond donors (Lipinski definition) is 2. The quantitative estimate of drug-likeness (QED) is 0.143. The van der Waals surface area contributed by atoms with Crippen LogP contribution in [0, 0.1) is 0 Å². The van der Waals surface area contributed by atoms with Crippen molar-refractivity contribution in [1.82, 2.24) is 10.6 Å². The summed E-state index contributed by atoms with van der Waals surface area (Å²) in [5, 5.41) is 6.55. The first-order valence-corrected chi connectivity index (χ1v) is 15.3. The highest BCUT2D eigenvalue weighted by Crippen LogP contribution is 2.36. The van der Waals surface area contributed by atoms with Crippen molar-refractivity contribution in [3.8, 4) is 0 Å². The predicted molar refractivity (Wildman–Crippen MR) is 172 cm³/mol. The van der Waals surface area contributed by atoms with Gasteiger partial charge in [0.1, 0.15) is 0 Å². The highest BCUT2D eigenvalue weighted by atomic mass is 19.4. The standard InChI is InChI=1S/C31H42F6N2.2C2H6/c1-7-10-13-25(8-2)17-22(4)15-16-24(6)39-29(9-3)14-11-12-23(5)38-21-26-18-27(30(32,33)34)20-28(19-26)31(35,36)37;2*1-2/h7-8,10,13,17-20,24,29,38-39H,1,5,9,11-12,14-16,21H2,2-4,6H3;2*1-2H3/b13-10-,22-17+,25-8+;;. The van der Waals surface area contributed by atoms with Crippen LogP contribution in [0.4, 0.5) is 26.3 Å². The Morgan fingerprint density at radius 2 is 1.49 bits per heavy atom. The molecule has 0 fully saturated rings. The first-order valence-electron chi connectivity index (χ1n) is 15.3. The Kier molecular flexibility index (Phi) is 22.4. The van der Waals surface area contributed by atoms with Crippen molar-refractivity contribution in [3.05, 3.63) is 95.3 Å². The van der Waals surface area contributed by atoms with Crippen LogP contribution in [0.15, 0.2) is 78.6 Å². The van der Waals surface area contributed by atoms with Gasteiger partial charge in [0.15, 0.2) is 0 Å². The summed E-state index contributed by atoms with van der Waals surface area (Å²) in [6.45, 7) is 23.8. The van der Waals surface area contributed by atoms with Crippen molar-refractivity contribution in [1.29, 1.82) is 0 Å². The SMILES string of the molecule is C=C\C=C/C(=C\C)/C=C(\C)CCC(C)NC(CC)CCCC(=C)NCc1cc(C(F)(F)F)cc(C(F)(F)F)c1.CC.CC. The van der Waals surface area contributed by atoms with Gasteiger partial charge in [-0.3, -0.25) is 0 Å². The predicted octanol–water partition coefficient (Wildman–Crippen LogP) is 11.7. The first kappa shape index (κ1) is 42.4. The van der Waals surface area contributed by atoms with Gasteiger partial charge in [-0.2, -0.15) is 26.3 Å². The van der Waals surface area contributed by atoms with Crippen LogP contribution in [0.1, 0.15) is 111 Å². The minimum Gasteiger partial charge on any atom is -0.385 e. The second-order valence-corrected chi connectivity index (χ2v) is 9.85. The minimum atomic E-state index is -4.86. The summed E-state index contributed by atoms with van der Waals surface area (Å²) in [6.07, 6.45) is 5.34. The maximum atomic E-state index is 13.1. The molecule has 0 heterocycles. The topological polar surface area (TPSA) is 24.1 Å². The molecular formula is C35H54F6N2. The number of halogens is 6. The van der Waals surface area contributed by atoms with E-state index in [-0.39, 0.29) is 18.2 Å². The van der Waals surface area contributed by atoms with Gasteiger partial charge in [-0.15, -0.1) is 0 Å². The molecular weight excluding hydrogens is 562 g/mol. The van der Waals surface area contributed by atoms with E-state index >= 15 is 0 Å². The molecule has 43 heavy (non-hydrogen) atoms. The highest BCUT2D eigenvalue weighted by molar-refractivity contribution is 5.34. The molecule has 0 saturated carbocycles. The third kappa shape index (κ3) is 19.2. The number of allylic oxidation sites excluding steroid dienone is 8. The highest BCUT2D eigenvalue weighted by Gasteiger charge is 2.36. The van der Waals surface area contributed by atoms with Crippen LogP contribution >= 0.6 is 0 Å².